The van der Waals surface area contributed by atoms with E-state index in [4.69, 9.17) is 9.47 Å². The molecule has 1 N–H and O–H groups in total. The first-order valence-corrected chi connectivity index (χ1v) is 10.8. The maximum Gasteiger partial charge on any atom is 0.295 e. The van der Waals surface area contributed by atoms with Gasteiger partial charge in [0.1, 0.15) is 18.1 Å². The maximum absolute atomic E-state index is 13.1. The number of likely N-dealkylation sites (N-methyl/N-ethyl adjacent to an activating group) is 1. The fourth-order valence-corrected chi connectivity index (χ4v) is 4.61. The molecule has 2 saturated heterocycles. The lowest BCUT2D eigenvalue weighted by Gasteiger charge is -2.28. The molecule has 3 aliphatic heterocycles. The molecule has 0 spiro atoms. The third-order valence-electron chi connectivity index (χ3n) is 6.29. The first kappa shape index (κ1) is 20.5. The van der Waals surface area contributed by atoms with E-state index in [1.165, 1.54) is 4.90 Å². The number of rotatable bonds is 4. The van der Waals surface area contributed by atoms with Crippen LogP contribution in [-0.4, -0.2) is 66.1 Å². The van der Waals surface area contributed by atoms with Crippen molar-refractivity contribution in [2.24, 2.45) is 0 Å². The number of hydrogen-bond acceptors (Lipinski definition) is 7. The molecule has 166 valence electrons. The van der Waals surface area contributed by atoms with Crippen LogP contribution in [0.1, 0.15) is 30.0 Å². The lowest BCUT2D eigenvalue weighted by atomic mass is 9.96. The number of aromatic nitrogens is 1. The van der Waals surface area contributed by atoms with Crippen molar-refractivity contribution in [3.63, 3.8) is 0 Å². The molecule has 2 fully saturated rings. The molecule has 8 nitrogen and oxygen atoms in total. The summed E-state index contributed by atoms with van der Waals surface area (Å²) in [6.07, 6.45) is 4.90. The van der Waals surface area contributed by atoms with E-state index in [2.05, 4.69) is 4.98 Å². The van der Waals surface area contributed by atoms with Crippen molar-refractivity contribution in [1.82, 2.24) is 9.88 Å². The summed E-state index contributed by atoms with van der Waals surface area (Å²) >= 11 is 0. The highest BCUT2D eigenvalue weighted by Gasteiger charge is 2.47. The summed E-state index contributed by atoms with van der Waals surface area (Å²) in [6.45, 7) is 2.25. The van der Waals surface area contributed by atoms with Crippen LogP contribution >= 0.6 is 0 Å². The summed E-state index contributed by atoms with van der Waals surface area (Å²) in [5.74, 6) is -0.808. The van der Waals surface area contributed by atoms with Gasteiger partial charge in [0.2, 0.25) is 0 Å². The summed E-state index contributed by atoms with van der Waals surface area (Å²) in [7, 11) is 1.95. The van der Waals surface area contributed by atoms with Crippen molar-refractivity contribution >= 4 is 23.1 Å². The van der Waals surface area contributed by atoms with E-state index in [9.17, 15) is 14.7 Å². The highest BCUT2D eigenvalue weighted by molar-refractivity contribution is 6.46. The number of Topliss-reactive ketones (excluding diaryl/α,β-unsaturated/α-hetero) is 1. The molecule has 1 aromatic heterocycles. The molecule has 0 radical (unpaired) electrons. The van der Waals surface area contributed by atoms with Crippen molar-refractivity contribution in [3.8, 4) is 5.75 Å². The number of anilines is 1. The SMILES string of the molecule is CN1CCOc2ccc(/C(O)=C3/C(=O)C(=O)N(CC4CCCO4)C3c3cccnc3)cc21. The van der Waals surface area contributed by atoms with Gasteiger partial charge < -0.3 is 24.4 Å². The standard InChI is InChI=1S/C24H25N3O5/c1-26-9-11-32-19-7-6-15(12-18(19)26)22(28)20-21(16-4-2-8-25-13-16)27(24(30)23(20)29)14-17-5-3-10-31-17/h2,4,6-8,12-13,17,21,28H,3,5,9-11,14H2,1H3/b22-20-. The molecule has 2 atom stereocenters. The molecule has 32 heavy (non-hydrogen) atoms. The zero-order valence-corrected chi connectivity index (χ0v) is 17.9. The predicted molar refractivity (Wildman–Crippen MR) is 117 cm³/mol. The van der Waals surface area contributed by atoms with Crippen molar-refractivity contribution < 1.29 is 24.2 Å². The normalized spacial score (nSPS) is 24.5. The highest BCUT2D eigenvalue weighted by Crippen LogP contribution is 2.41. The Labute approximate surface area is 186 Å². The van der Waals surface area contributed by atoms with Crippen LogP contribution in [0, 0.1) is 0 Å². The third kappa shape index (κ3) is 3.50. The molecule has 4 heterocycles. The second-order valence-electron chi connectivity index (χ2n) is 8.33. The number of nitrogens with zero attached hydrogens (tertiary/aromatic N) is 3. The summed E-state index contributed by atoms with van der Waals surface area (Å²) in [6, 6.07) is 8.12. The lowest BCUT2D eigenvalue weighted by molar-refractivity contribution is -0.140. The van der Waals surface area contributed by atoms with Crippen LogP contribution in [0.2, 0.25) is 0 Å². The van der Waals surface area contributed by atoms with Gasteiger partial charge in [-0.05, 0) is 42.7 Å². The van der Waals surface area contributed by atoms with E-state index < -0.39 is 17.7 Å². The van der Waals surface area contributed by atoms with E-state index in [1.54, 1.807) is 36.7 Å². The molecule has 8 heteroatoms. The second-order valence-corrected chi connectivity index (χ2v) is 8.33. The molecular weight excluding hydrogens is 410 g/mol. The average molecular weight is 435 g/mol. The van der Waals surface area contributed by atoms with Crippen molar-refractivity contribution in [2.45, 2.75) is 25.0 Å². The number of fused-ring (bicyclic) bond motifs is 1. The van der Waals surface area contributed by atoms with Gasteiger partial charge in [-0.25, -0.2) is 0 Å². The molecule has 0 bridgehead atoms. The minimum atomic E-state index is -0.724. The summed E-state index contributed by atoms with van der Waals surface area (Å²) in [5, 5.41) is 11.3. The zero-order chi connectivity index (χ0) is 22.2. The van der Waals surface area contributed by atoms with Gasteiger partial charge in [0, 0.05) is 38.2 Å². The Bertz CT molecular complexity index is 1080. The van der Waals surface area contributed by atoms with Gasteiger partial charge in [-0.3, -0.25) is 14.6 Å². The van der Waals surface area contributed by atoms with Crippen LogP contribution in [0.25, 0.3) is 5.76 Å². The number of carbonyl (C=O) groups excluding carboxylic acids is 2. The van der Waals surface area contributed by atoms with E-state index >= 15 is 0 Å². The Morgan fingerprint density at radius 3 is 2.88 bits per heavy atom. The van der Waals surface area contributed by atoms with Crippen LogP contribution in [0.15, 0.2) is 48.3 Å². The quantitative estimate of drug-likeness (QED) is 0.448. The molecule has 0 aliphatic carbocycles. The fraction of sp³-hybridized carbons (Fsp3) is 0.375. The van der Waals surface area contributed by atoms with Crippen molar-refractivity contribution in [2.75, 3.05) is 38.3 Å². The molecule has 5 rings (SSSR count). The number of aliphatic hydroxyl groups is 1. The maximum atomic E-state index is 13.1. The molecule has 2 unspecified atom stereocenters. The van der Waals surface area contributed by atoms with Gasteiger partial charge in [0.25, 0.3) is 11.7 Å². The largest absolute Gasteiger partial charge is 0.507 e. The van der Waals surface area contributed by atoms with Gasteiger partial charge in [-0.2, -0.15) is 0 Å². The van der Waals surface area contributed by atoms with Crippen molar-refractivity contribution in [1.29, 1.82) is 0 Å². The van der Waals surface area contributed by atoms with Crippen molar-refractivity contribution in [3.05, 3.63) is 59.4 Å². The number of benzene rings is 1. The average Bonchev–Trinajstić information content (AvgIpc) is 3.42. The van der Waals surface area contributed by atoms with Gasteiger partial charge in [0.05, 0.1) is 30.0 Å². The van der Waals surface area contributed by atoms with E-state index in [-0.39, 0.29) is 17.4 Å². The molecular formula is C24H25N3O5. The third-order valence-corrected chi connectivity index (χ3v) is 6.29. The topological polar surface area (TPSA) is 92.2 Å². The summed E-state index contributed by atoms with van der Waals surface area (Å²) < 4.78 is 11.4. The van der Waals surface area contributed by atoms with Gasteiger partial charge in [-0.15, -0.1) is 0 Å². The van der Waals surface area contributed by atoms with Crippen LogP contribution in [0.5, 0.6) is 5.75 Å². The van der Waals surface area contributed by atoms with Crippen LogP contribution in [0.4, 0.5) is 5.69 Å². The minimum Gasteiger partial charge on any atom is -0.507 e. The smallest absolute Gasteiger partial charge is 0.295 e. The monoisotopic (exact) mass is 435 g/mol. The second kappa shape index (κ2) is 8.27. The number of ether oxygens (including phenoxy) is 2. The van der Waals surface area contributed by atoms with Gasteiger partial charge in [-0.1, -0.05) is 6.07 Å². The Hall–Kier alpha value is -3.39. The van der Waals surface area contributed by atoms with E-state index in [1.807, 2.05) is 18.0 Å². The van der Waals surface area contributed by atoms with E-state index in [0.29, 0.717) is 30.9 Å². The Morgan fingerprint density at radius 2 is 2.12 bits per heavy atom. The van der Waals surface area contributed by atoms with Crippen LogP contribution in [-0.2, 0) is 14.3 Å². The number of carbonyl (C=O) groups is 2. The summed E-state index contributed by atoms with van der Waals surface area (Å²) in [5.41, 5.74) is 2.03. The number of ketones is 1. The summed E-state index contributed by atoms with van der Waals surface area (Å²) in [4.78, 5) is 33.9. The number of likely N-dealkylation sites (tertiary alicyclic amines) is 1. The number of amides is 1. The minimum absolute atomic E-state index is 0.0697. The zero-order valence-electron chi connectivity index (χ0n) is 17.9. The van der Waals surface area contributed by atoms with E-state index in [0.717, 1.165) is 30.8 Å². The first-order valence-electron chi connectivity index (χ1n) is 10.8. The van der Waals surface area contributed by atoms with Gasteiger partial charge in [0.15, 0.2) is 0 Å². The molecule has 0 saturated carbocycles. The first-order chi connectivity index (χ1) is 15.5. The Kier molecular flexibility index (Phi) is 5.30. The Balaban J connectivity index is 1.60. The van der Waals surface area contributed by atoms with Crippen LogP contribution < -0.4 is 9.64 Å². The lowest BCUT2D eigenvalue weighted by Crippen LogP contribution is -2.36. The highest BCUT2D eigenvalue weighted by atomic mass is 16.5. The molecule has 1 amide bonds. The molecule has 1 aromatic carbocycles. The molecule has 3 aliphatic rings. The fourth-order valence-electron chi connectivity index (χ4n) is 4.61. The van der Waals surface area contributed by atoms with Crippen LogP contribution in [0.3, 0.4) is 0 Å². The van der Waals surface area contributed by atoms with Gasteiger partial charge >= 0.3 is 0 Å². The number of aliphatic hydroxyl groups excluding tert-OH is 1. The molecule has 2 aromatic rings. The number of pyridine rings is 1. The number of hydrogen-bond donors (Lipinski definition) is 1. The predicted octanol–water partition coefficient (Wildman–Crippen LogP) is 2.51. The Morgan fingerprint density at radius 1 is 1.25 bits per heavy atom.